The first-order chi connectivity index (χ1) is 7.95. The average Bonchev–Trinajstić information content (AvgIpc) is 2.27. The molecule has 1 aliphatic heterocycles. The number of rotatable bonds is 2. The number of hydroxylamine groups is 1. The van der Waals surface area contributed by atoms with Crippen molar-refractivity contribution in [3.63, 3.8) is 0 Å². The first-order valence-corrected chi connectivity index (χ1v) is 5.43. The molecule has 1 aromatic rings. The fourth-order valence-corrected chi connectivity index (χ4v) is 1.94. The molecule has 1 heterocycles. The van der Waals surface area contributed by atoms with Crippen molar-refractivity contribution in [1.29, 1.82) is 0 Å². The zero-order valence-corrected chi connectivity index (χ0v) is 10.2. The Bertz CT molecular complexity index is 457. The van der Waals surface area contributed by atoms with E-state index >= 15 is 0 Å². The first-order valence-electron chi connectivity index (χ1n) is 5.43. The molecule has 5 heteroatoms. The molecule has 0 bridgehead atoms. The SMILES string of the molecule is CN1C(=O)C(C)(C)Oc2ccc(CNO)cc21. The van der Waals surface area contributed by atoms with Gasteiger partial charge in [0.2, 0.25) is 0 Å². The molecule has 0 spiro atoms. The molecule has 17 heavy (non-hydrogen) atoms. The van der Waals surface area contributed by atoms with Crippen LogP contribution in [-0.4, -0.2) is 23.8 Å². The van der Waals surface area contributed by atoms with Crippen LogP contribution in [0, 0.1) is 0 Å². The Morgan fingerprint density at radius 3 is 2.82 bits per heavy atom. The summed E-state index contributed by atoms with van der Waals surface area (Å²) in [7, 11) is 1.72. The number of carbonyl (C=O) groups excluding carboxylic acids is 1. The minimum absolute atomic E-state index is 0.0842. The molecule has 1 amide bonds. The molecule has 1 aromatic carbocycles. The smallest absolute Gasteiger partial charge is 0.270 e. The van der Waals surface area contributed by atoms with Crippen LogP contribution in [0.2, 0.25) is 0 Å². The van der Waals surface area contributed by atoms with Crippen LogP contribution in [0.25, 0.3) is 0 Å². The van der Waals surface area contributed by atoms with Crippen LogP contribution in [0.5, 0.6) is 5.75 Å². The number of ether oxygens (including phenoxy) is 1. The van der Waals surface area contributed by atoms with Gasteiger partial charge >= 0.3 is 0 Å². The van der Waals surface area contributed by atoms with Crippen molar-refractivity contribution in [3.8, 4) is 5.75 Å². The van der Waals surface area contributed by atoms with E-state index in [1.807, 2.05) is 18.2 Å². The van der Waals surface area contributed by atoms with Crippen molar-refractivity contribution < 1.29 is 14.7 Å². The van der Waals surface area contributed by atoms with Gasteiger partial charge in [-0.2, -0.15) is 0 Å². The highest BCUT2D eigenvalue weighted by atomic mass is 16.5. The van der Waals surface area contributed by atoms with Crippen LogP contribution >= 0.6 is 0 Å². The predicted octanol–water partition coefficient (Wildman–Crippen LogP) is 1.30. The Morgan fingerprint density at radius 2 is 2.18 bits per heavy atom. The molecule has 5 nitrogen and oxygen atoms in total. The standard InChI is InChI=1S/C12H16N2O3/c1-12(2)11(15)14(3)9-6-8(7-13-16)4-5-10(9)17-12/h4-6,13,16H,7H2,1-3H3. The van der Waals surface area contributed by atoms with E-state index in [1.165, 1.54) is 0 Å². The van der Waals surface area contributed by atoms with E-state index in [-0.39, 0.29) is 5.91 Å². The monoisotopic (exact) mass is 236 g/mol. The van der Waals surface area contributed by atoms with Gasteiger partial charge in [0.1, 0.15) is 5.75 Å². The van der Waals surface area contributed by atoms with Gasteiger partial charge in [0.15, 0.2) is 5.60 Å². The van der Waals surface area contributed by atoms with E-state index in [4.69, 9.17) is 9.94 Å². The Kier molecular flexibility index (Phi) is 2.81. The molecule has 0 aromatic heterocycles. The number of nitrogens with one attached hydrogen (secondary N) is 1. The van der Waals surface area contributed by atoms with Gasteiger partial charge in [0.25, 0.3) is 5.91 Å². The number of amides is 1. The van der Waals surface area contributed by atoms with E-state index in [0.29, 0.717) is 12.3 Å². The summed E-state index contributed by atoms with van der Waals surface area (Å²) in [6.45, 7) is 3.83. The van der Waals surface area contributed by atoms with E-state index in [0.717, 1.165) is 11.3 Å². The Balaban J connectivity index is 2.43. The highest BCUT2D eigenvalue weighted by Gasteiger charge is 2.39. The van der Waals surface area contributed by atoms with Crippen LogP contribution in [0.1, 0.15) is 19.4 Å². The van der Waals surface area contributed by atoms with Crippen LogP contribution in [0.3, 0.4) is 0 Å². The molecule has 0 radical (unpaired) electrons. The molecule has 0 unspecified atom stereocenters. The lowest BCUT2D eigenvalue weighted by molar-refractivity contribution is -0.132. The fraction of sp³-hybridized carbons (Fsp3) is 0.417. The van der Waals surface area contributed by atoms with E-state index in [2.05, 4.69) is 5.48 Å². The number of nitrogens with zero attached hydrogens (tertiary/aromatic N) is 1. The molecule has 92 valence electrons. The summed E-state index contributed by atoms with van der Waals surface area (Å²) in [6.07, 6.45) is 0. The lowest BCUT2D eigenvalue weighted by atomic mass is 10.0. The minimum atomic E-state index is -0.835. The third-order valence-electron chi connectivity index (χ3n) is 2.85. The summed E-state index contributed by atoms with van der Waals surface area (Å²) in [5.74, 6) is 0.595. The molecule has 0 saturated heterocycles. The molecule has 2 N–H and O–H groups in total. The summed E-state index contributed by atoms with van der Waals surface area (Å²) < 4.78 is 5.66. The van der Waals surface area contributed by atoms with Crippen LogP contribution in [0.4, 0.5) is 5.69 Å². The molecular formula is C12H16N2O3. The van der Waals surface area contributed by atoms with E-state index < -0.39 is 5.60 Å². The van der Waals surface area contributed by atoms with Crippen molar-refractivity contribution in [2.75, 3.05) is 11.9 Å². The van der Waals surface area contributed by atoms with Crippen molar-refractivity contribution in [1.82, 2.24) is 5.48 Å². The molecule has 0 fully saturated rings. The summed E-state index contributed by atoms with van der Waals surface area (Å²) in [5.41, 5.74) is 2.86. The molecule has 0 saturated carbocycles. The fourth-order valence-electron chi connectivity index (χ4n) is 1.94. The maximum Gasteiger partial charge on any atom is 0.270 e. The maximum atomic E-state index is 12.0. The second-order valence-electron chi connectivity index (χ2n) is 4.61. The Labute approximate surface area is 99.9 Å². The van der Waals surface area contributed by atoms with Crippen molar-refractivity contribution in [2.24, 2.45) is 0 Å². The second-order valence-corrected chi connectivity index (χ2v) is 4.61. The summed E-state index contributed by atoms with van der Waals surface area (Å²) in [6, 6.07) is 5.49. The van der Waals surface area contributed by atoms with Gasteiger partial charge in [-0.25, -0.2) is 5.48 Å². The number of carbonyl (C=O) groups is 1. The van der Waals surface area contributed by atoms with Crippen molar-refractivity contribution in [2.45, 2.75) is 26.0 Å². The van der Waals surface area contributed by atoms with Crippen LogP contribution < -0.4 is 15.1 Å². The molecular weight excluding hydrogens is 220 g/mol. The third-order valence-corrected chi connectivity index (χ3v) is 2.85. The lowest BCUT2D eigenvalue weighted by Gasteiger charge is -2.37. The van der Waals surface area contributed by atoms with Gasteiger partial charge in [0.05, 0.1) is 5.69 Å². The topological polar surface area (TPSA) is 61.8 Å². The van der Waals surface area contributed by atoms with Gasteiger partial charge in [-0.1, -0.05) is 6.07 Å². The van der Waals surface area contributed by atoms with Crippen LogP contribution in [0.15, 0.2) is 18.2 Å². The molecule has 0 atom stereocenters. The van der Waals surface area contributed by atoms with Gasteiger partial charge < -0.3 is 14.8 Å². The number of hydrogen-bond acceptors (Lipinski definition) is 4. The third kappa shape index (κ3) is 1.99. The van der Waals surface area contributed by atoms with Gasteiger partial charge in [-0.05, 0) is 31.5 Å². The number of benzene rings is 1. The summed E-state index contributed by atoms with van der Waals surface area (Å²) >= 11 is 0. The predicted molar refractivity (Wildman–Crippen MR) is 63.2 cm³/mol. The normalized spacial score (nSPS) is 17.6. The second kappa shape index (κ2) is 4.01. The van der Waals surface area contributed by atoms with E-state index in [1.54, 1.807) is 25.8 Å². The van der Waals surface area contributed by atoms with Crippen LogP contribution in [-0.2, 0) is 11.3 Å². The van der Waals surface area contributed by atoms with Crippen molar-refractivity contribution in [3.05, 3.63) is 23.8 Å². The average molecular weight is 236 g/mol. The number of fused-ring (bicyclic) bond motifs is 1. The van der Waals surface area contributed by atoms with Gasteiger partial charge in [0, 0.05) is 13.6 Å². The first kappa shape index (κ1) is 11.9. The zero-order valence-electron chi connectivity index (χ0n) is 10.2. The quantitative estimate of drug-likeness (QED) is 0.760. The number of anilines is 1. The van der Waals surface area contributed by atoms with Gasteiger partial charge in [-0.15, -0.1) is 0 Å². The van der Waals surface area contributed by atoms with Crippen molar-refractivity contribution >= 4 is 11.6 Å². The number of hydrogen-bond donors (Lipinski definition) is 2. The molecule has 0 aliphatic carbocycles. The Hall–Kier alpha value is -1.59. The minimum Gasteiger partial charge on any atom is -0.476 e. The lowest BCUT2D eigenvalue weighted by Crippen LogP contribution is -2.50. The zero-order chi connectivity index (χ0) is 12.6. The molecule has 1 aliphatic rings. The highest BCUT2D eigenvalue weighted by molar-refractivity contribution is 6.01. The number of likely N-dealkylation sites (N-methyl/N-ethyl adjacent to an activating group) is 1. The summed E-state index contributed by atoms with van der Waals surface area (Å²) in [5, 5.41) is 8.66. The Morgan fingerprint density at radius 1 is 1.47 bits per heavy atom. The summed E-state index contributed by atoms with van der Waals surface area (Å²) in [4.78, 5) is 13.6. The van der Waals surface area contributed by atoms with E-state index in [9.17, 15) is 4.79 Å². The largest absolute Gasteiger partial charge is 0.476 e. The molecule has 2 rings (SSSR count). The highest BCUT2D eigenvalue weighted by Crippen LogP contribution is 2.37. The maximum absolute atomic E-state index is 12.0. The van der Waals surface area contributed by atoms with Gasteiger partial charge in [-0.3, -0.25) is 4.79 Å².